The van der Waals surface area contributed by atoms with Crippen LogP contribution in [0.4, 0.5) is 17.1 Å². The second-order valence-corrected chi connectivity index (χ2v) is 6.79. The molecule has 1 aromatic carbocycles. The summed E-state index contributed by atoms with van der Waals surface area (Å²) in [7, 11) is 0. The summed E-state index contributed by atoms with van der Waals surface area (Å²) >= 11 is 0. The highest BCUT2D eigenvalue weighted by Gasteiger charge is 2.16. The smallest absolute Gasteiger partial charge is 0.258 e. The van der Waals surface area contributed by atoms with Crippen LogP contribution in [0.3, 0.4) is 0 Å². The Morgan fingerprint density at radius 1 is 0.923 bits per heavy atom. The first-order valence-corrected chi connectivity index (χ1v) is 8.57. The van der Waals surface area contributed by atoms with Crippen LogP contribution in [-0.4, -0.2) is 4.92 Å². The third kappa shape index (κ3) is 3.47. The number of azo groups is 1. The number of nitrogens with zero attached hydrogens (tertiary/aromatic N) is 3. The summed E-state index contributed by atoms with van der Waals surface area (Å²) in [5.41, 5.74) is 7.34. The van der Waals surface area contributed by atoms with E-state index in [1.54, 1.807) is 12.1 Å². The number of hydrogen-bond acceptors (Lipinski definition) is 4. The quantitative estimate of drug-likeness (QED) is 0.294. The van der Waals surface area contributed by atoms with Crippen molar-refractivity contribution >= 4 is 17.1 Å². The van der Waals surface area contributed by atoms with Gasteiger partial charge in [0.15, 0.2) is 0 Å². The minimum absolute atomic E-state index is 0.0441. The largest absolute Gasteiger partial charge is 0.269 e. The predicted molar refractivity (Wildman–Crippen MR) is 104 cm³/mol. The summed E-state index contributed by atoms with van der Waals surface area (Å²) in [5, 5.41) is 19.4. The monoisotopic (exact) mass is 347 g/mol. The molecule has 0 bridgehead atoms. The van der Waals surface area contributed by atoms with E-state index in [1.165, 1.54) is 28.8 Å². The van der Waals surface area contributed by atoms with E-state index >= 15 is 0 Å². The number of nitro benzene ring substituents is 1. The number of fused-ring (bicyclic) bond motifs is 1. The van der Waals surface area contributed by atoms with Gasteiger partial charge >= 0.3 is 0 Å². The van der Waals surface area contributed by atoms with Gasteiger partial charge in [-0.3, -0.25) is 10.1 Å². The Balaban J connectivity index is 2.00. The molecule has 0 fully saturated rings. The maximum atomic E-state index is 10.7. The average Bonchev–Trinajstić information content (AvgIpc) is 2.79. The van der Waals surface area contributed by atoms with Gasteiger partial charge in [0.25, 0.3) is 5.69 Å². The van der Waals surface area contributed by atoms with Gasteiger partial charge in [0.05, 0.1) is 16.3 Å². The molecular formula is C21H21N3O2. The molecule has 0 unspecified atom stereocenters. The number of nitro groups is 1. The fourth-order valence-corrected chi connectivity index (χ4v) is 3.00. The van der Waals surface area contributed by atoms with Gasteiger partial charge in [-0.05, 0) is 60.2 Å². The Morgan fingerprint density at radius 3 is 2.23 bits per heavy atom. The van der Waals surface area contributed by atoms with E-state index < -0.39 is 4.92 Å². The summed E-state index contributed by atoms with van der Waals surface area (Å²) in [6, 6.07) is 14.6. The van der Waals surface area contributed by atoms with Crippen molar-refractivity contribution in [2.45, 2.75) is 33.6 Å². The molecule has 0 radical (unpaired) electrons. The molecule has 0 aromatic heterocycles. The third-order valence-electron chi connectivity index (χ3n) is 4.54. The van der Waals surface area contributed by atoms with Crippen LogP contribution in [0.25, 0.3) is 11.1 Å². The fraction of sp³-hybridized carbons (Fsp3) is 0.238. The topological polar surface area (TPSA) is 67.9 Å². The number of aryl methyl sites for hydroxylation is 2. The van der Waals surface area contributed by atoms with Crippen LogP contribution in [-0.2, 0) is 0 Å². The number of non-ortho nitro benzene ring substituents is 1. The van der Waals surface area contributed by atoms with E-state index in [-0.39, 0.29) is 5.69 Å². The van der Waals surface area contributed by atoms with E-state index in [9.17, 15) is 10.1 Å². The highest BCUT2D eigenvalue weighted by Crippen LogP contribution is 2.41. The van der Waals surface area contributed by atoms with E-state index in [1.807, 2.05) is 6.07 Å². The molecule has 26 heavy (non-hydrogen) atoms. The second kappa shape index (κ2) is 7.04. The van der Waals surface area contributed by atoms with Gasteiger partial charge in [-0.25, -0.2) is 0 Å². The maximum Gasteiger partial charge on any atom is 0.269 e. The molecule has 5 nitrogen and oxygen atoms in total. The molecule has 1 aromatic rings. The van der Waals surface area contributed by atoms with Crippen molar-refractivity contribution < 1.29 is 4.92 Å². The van der Waals surface area contributed by atoms with Gasteiger partial charge < -0.3 is 0 Å². The lowest BCUT2D eigenvalue weighted by Crippen LogP contribution is -1.85. The first kappa shape index (κ1) is 17.7. The standard InChI is InChI=1S/C21H21N3O2/c1-13(2)16-6-5-14(3)21-19(12-16)15(4)11-20(21)23-22-17-7-9-18(10-8-17)24(25)26/h5-13H,1-4H3. The maximum absolute atomic E-state index is 10.7. The zero-order valence-corrected chi connectivity index (χ0v) is 15.4. The fourth-order valence-electron chi connectivity index (χ4n) is 3.00. The van der Waals surface area contributed by atoms with Gasteiger partial charge in [0.1, 0.15) is 0 Å². The molecule has 0 atom stereocenters. The second-order valence-electron chi connectivity index (χ2n) is 6.79. The lowest BCUT2D eigenvalue weighted by Gasteiger charge is -2.03. The predicted octanol–water partition coefficient (Wildman–Crippen LogP) is 6.86. The zero-order valence-electron chi connectivity index (χ0n) is 15.4. The van der Waals surface area contributed by atoms with Gasteiger partial charge in [-0.2, -0.15) is 5.11 Å². The Morgan fingerprint density at radius 2 is 1.62 bits per heavy atom. The van der Waals surface area contributed by atoms with Gasteiger partial charge in [-0.1, -0.05) is 32.0 Å². The molecule has 2 aliphatic carbocycles. The minimum Gasteiger partial charge on any atom is -0.258 e. The number of benzene rings is 1. The highest BCUT2D eigenvalue weighted by molar-refractivity contribution is 5.85. The molecule has 0 heterocycles. The number of hydrogen-bond donors (Lipinski definition) is 0. The molecule has 0 amide bonds. The Bertz CT molecular complexity index is 960. The third-order valence-corrected chi connectivity index (χ3v) is 4.54. The van der Waals surface area contributed by atoms with Gasteiger partial charge in [0.2, 0.25) is 0 Å². The molecule has 2 aliphatic rings. The summed E-state index contributed by atoms with van der Waals surface area (Å²) in [6.45, 7) is 8.53. The van der Waals surface area contributed by atoms with Gasteiger partial charge in [-0.15, -0.1) is 5.11 Å². The Kier molecular flexibility index (Phi) is 4.80. The van der Waals surface area contributed by atoms with E-state index in [4.69, 9.17) is 0 Å². The first-order chi connectivity index (χ1) is 12.4. The van der Waals surface area contributed by atoms with Crippen molar-refractivity contribution in [3.63, 3.8) is 0 Å². The van der Waals surface area contributed by atoms with Crippen molar-refractivity contribution in [1.29, 1.82) is 0 Å². The van der Waals surface area contributed by atoms with Gasteiger partial charge in [0, 0.05) is 17.7 Å². The van der Waals surface area contributed by atoms with Crippen LogP contribution in [0, 0.1) is 24.0 Å². The van der Waals surface area contributed by atoms with Crippen LogP contribution in [0.1, 0.15) is 36.5 Å². The minimum atomic E-state index is -0.426. The molecule has 0 N–H and O–H groups in total. The Hall–Kier alpha value is -3.08. The Labute approximate surface area is 152 Å². The molecule has 0 saturated carbocycles. The van der Waals surface area contributed by atoms with E-state index in [2.05, 4.69) is 56.1 Å². The number of rotatable bonds is 4. The van der Waals surface area contributed by atoms with E-state index in [0.717, 1.165) is 16.8 Å². The van der Waals surface area contributed by atoms with Crippen LogP contribution in [0.2, 0.25) is 0 Å². The van der Waals surface area contributed by atoms with Crippen LogP contribution >= 0.6 is 0 Å². The summed E-state index contributed by atoms with van der Waals surface area (Å²) in [5.74, 6) is 0.449. The molecule has 3 rings (SSSR count). The van der Waals surface area contributed by atoms with Crippen molar-refractivity contribution in [1.82, 2.24) is 0 Å². The van der Waals surface area contributed by atoms with Crippen LogP contribution < -0.4 is 0 Å². The zero-order chi connectivity index (χ0) is 18.8. The van der Waals surface area contributed by atoms with E-state index in [0.29, 0.717) is 11.6 Å². The highest BCUT2D eigenvalue weighted by atomic mass is 16.6. The molecule has 0 saturated heterocycles. The van der Waals surface area contributed by atoms with Crippen molar-refractivity contribution in [3.8, 4) is 11.1 Å². The SMILES string of the molecule is Cc1cc(N=Nc2ccc([N+](=O)[O-])cc2)c2c(C)ccc(C(C)C)cc1-2. The molecule has 132 valence electrons. The lowest BCUT2D eigenvalue weighted by atomic mass is 10.0. The summed E-state index contributed by atoms with van der Waals surface area (Å²) in [6.07, 6.45) is 0. The first-order valence-electron chi connectivity index (χ1n) is 8.57. The molecule has 0 spiro atoms. The van der Waals surface area contributed by atoms with Crippen molar-refractivity contribution in [3.05, 3.63) is 75.3 Å². The molecular weight excluding hydrogens is 326 g/mol. The van der Waals surface area contributed by atoms with Crippen molar-refractivity contribution in [2.75, 3.05) is 0 Å². The van der Waals surface area contributed by atoms with Crippen molar-refractivity contribution in [2.24, 2.45) is 10.2 Å². The van der Waals surface area contributed by atoms with Crippen LogP contribution in [0.5, 0.6) is 0 Å². The average molecular weight is 347 g/mol. The molecule has 5 heteroatoms. The molecule has 0 aliphatic heterocycles. The van der Waals surface area contributed by atoms with Crippen LogP contribution in [0.15, 0.2) is 58.8 Å². The lowest BCUT2D eigenvalue weighted by molar-refractivity contribution is -0.384. The normalized spacial score (nSPS) is 11.6. The summed E-state index contributed by atoms with van der Waals surface area (Å²) < 4.78 is 0. The summed E-state index contributed by atoms with van der Waals surface area (Å²) in [4.78, 5) is 10.3.